The summed E-state index contributed by atoms with van der Waals surface area (Å²) in [5, 5.41) is 1.91. The van der Waals surface area contributed by atoms with E-state index in [2.05, 4.69) is 45.9 Å². The smallest absolute Gasteiger partial charge is 0.264 e. The first-order valence-electron chi connectivity index (χ1n) is 14.6. The van der Waals surface area contributed by atoms with Crippen molar-refractivity contribution in [3.05, 3.63) is 95.6 Å². The second-order valence-electron chi connectivity index (χ2n) is 11.2. The Balaban J connectivity index is 0.00000405. The molecule has 8 heteroatoms. The lowest BCUT2D eigenvalue weighted by Crippen LogP contribution is -3.00. The van der Waals surface area contributed by atoms with Crippen molar-refractivity contribution in [2.45, 2.75) is 52.0 Å². The van der Waals surface area contributed by atoms with Gasteiger partial charge in [0, 0.05) is 18.2 Å². The summed E-state index contributed by atoms with van der Waals surface area (Å²) in [6.07, 6.45) is 1.66. The minimum Gasteiger partial charge on any atom is -1.00 e. The molecule has 1 aliphatic heterocycles. The fraction of sp³-hybridized carbons (Fsp3) is 0.353. The van der Waals surface area contributed by atoms with Crippen LogP contribution in [0.5, 0.6) is 11.5 Å². The predicted octanol–water partition coefficient (Wildman–Crippen LogP) is 4.22. The summed E-state index contributed by atoms with van der Waals surface area (Å²) in [6, 6.07) is 25.4. The predicted molar refractivity (Wildman–Crippen MR) is 166 cm³/mol. The number of unbranched alkanes of at least 4 members (excludes halogenated alkanes) is 1. The molecule has 1 aliphatic rings. The summed E-state index contributed by atoms with van der Waals surface area (Å²) in [6.45, 7) is 13.4. The number of fused-ring (bicyclic) bond motifs is 2. The molecule has 42 heavy (non-hydrogen) atoms. The Bertz CT molecular complexity index is 1620. The summed E-state index contributed by atoms with van der Waals surface area (Å²) in [5.74, 6) is 1.21. The van der Waals surface area contributed by atoms with Gasteiger partial charge in [0.05, 0.1) is 30.2 Å². The number of quaternary nitrogens is 1. The van der Waals surface area contributed by atoms with Crippen LogP contribution < -0.4 is 30.8 Å². The Kier molecular flexibility index (Phi) is 10.2. The molecular formula is C34H41BrN2O4S. The summed E-state index contributed by atoms with van der Waals surface area (Å²) >= 11 is 0. The second kappa shape index (κ2) is 13.5. The van der Waals surface area contributed by atoms with Gasteiger partial charge in [0.15, 0.2) is 11.5 Å². The van der Waals surface area contributed by atoms with Gasteiger partial charge in [-0.1, -0.05) is 59.7 Å². The molecule has 6 nitrogen and oxygen atoms in total. The van der Waals surface area contributed by atoms with Crippen LogP contribution in [-0.4, -0.2) is 45.9 Å². The number of halogens is 1. The van der Waals surface area contributed by atoms with Gasteiger partial charge in [-0.3, -0.25) is 4.31 Å². The highest BCUT2D eigenvalue weighted by Gasteiger charge is 2.28. The number of ether oxygens (including phenoxy) is 2. The fourth-order valence-electron chi connectivity index (χ4n) is 5.98. The van der Waals surface area contributed by atoms with Crippen LogP contribution in [0.15, 0.2) is 83.8 Å². The Morgan fingerprint density at radius 1 is 0.786 bits per heavy atom. The number of anilines is 1. The Hall–Kier alpha value is -3.07. The third kappa shape index (κ3) is 6.93. The Labute approximate surface area is 261 Å². The molecule has 0 aromatic heterocycles. The van der Waals surface area contributed by atoms with Gasteiger partial charge in [-0.15, -0.1) is 0 Å². The molecule has 0 amide bonds. The molecule has 0 aliphatic carbocycles. The van der Waals surface area contributed by atoms with E-state index in [1.165, 1.54) is 21.0 Å². The van der Waals surface area contributed by atoms with Crippen LogP contribution in [0, 0.1) is 13.8 Å². The van der Waals surface area contributed by atoms with Crippen LogP contribution in [-0.2, 0) is 16.6 Å². The van der Waals surface area contributed by atoms with Gasteiger partial charge in [-0.05, 0) is 75.6 Å². The molecule has 4 aromatic carbocycles. The van der Waals surface area contributed by atoms with Crippen LogP contribution in [0.2, 0.25) is 0 Å². The van der Waals surface area contributed by atoms with Crippen molar-refractivity contribution in [2.75, 3.05) is 37.3 Å². The van der Waals surface area contributed by atoms with Crippen LogP contribution in [0.3, 0.4) is 0 Å². The normalized spacial score (nSPS) is 12.8. The lowest BCUT2D eigenvalue weighted by atomic mass is 10.1. The number of benzene rings is 4. The molecule has 1 heterocycles. The largest absolute Gasteiger partial charge is 1.00 e. The van der Waals surface area contributed by atoms with Gasteiger partial charge in [0.25, 0.3) is 10.0 Å². The highest BCUT2D eigenvalue weighted by Crippen LogP contribution is 2.37. The molecule has 0 N–H and O–H groups in total. The monoisotopic (exact) mass is 652 g/mol. The second-order valence-corrected chi connectivity index (χ2v) is 13.0. The topological polar surface area (TPSA) is 55.8 Å². The standard InChI is InChI=1S/C34H41N2O4S.BrH/c1-5-36(6-2,24-28-20-26(3)19-27(4)21-28)18-10-9-17-35(31-14-16-33-34(23-31)40-25-39-33)41(37,38)32-15-13-29-11-7-8-12-30(29)22-32;/h7-8,11-16,19-23H,5-6,9-10,17-18,24-25H2,1-4H3;1H/q+1;/p-1. The van der Waals surface area contributed by atoms with E-state index in [-0.39, 0.29) is 28.7 Å². The minimum absolute atomic E-state index is 0. The SMILES string of the molecule is CC[N+](CC)(CCCCN(c1ccc2c(c1)OCO2)S(=O)(=O)c1ccc2ccccc2c1)Cc1cc(C)cc(C)c1.[Br-]. The molecule has 0 radical (unpaired) electrons. The maximum absolute atomic E-state index is 14.1. The zero-order valence-electron chi connectivity index (χ0n) is 25.0. The van der Waals surface area contributed by atoms with Gasteiger partial charge in [0.2, 0.25) is 6.79 Å². The van der Waals surface area contributed by atoms with Crippen molar-refractivity contribution < 1.29 is 39.4 Å². The van der Waals surface area contributed by atoms with E-state index >= 15 is 0 Å². The number of sulfonamides is 1. The molecule has 0 atom stereocenters. The van der Waals surface area contributed by atoms with Gasteiger partial charge < -0.3 is 30.9 Å². The summed E-state index contributed by atoms with van der Waals surface area (Å²) < 4.78 is 41.9. The van der Waals surface area contributed by atoms with Crippen molar-refractivity contribution in [1.82, 2.24) is 0 Å². The highest BCUT2D eigenvalue weighted by molar-refractivity contribution is 7.92. The van der Waals surface area contributed by atoms with E-state index in [0.717, 1.165) is 54.3 Å². The first kappa shape index (κ1) is 31.9. The van der Waals surface area contributed by atoms with Gasteiger partial charge in [-0.25, -0.2) is 8.42 Å². The van der Waals surface area contributed by atoms with E-state index in [1.54, 1.807) is 24.3 Å². The third-order valence-electron chi connectivity index (χ3n) is 8.34. The zero-order valence-corrected chi connectivity index (χ0v) is 27.4. The Morgan fingerprint density at radius 2 is 1.48 bits per heavy atom. The molecule has 0 saturated carbocycles. The molecule has 4 aromatic rings. The quantitative estimate of drug-likeness (QED) is 0.170. The van der Waals surface area contributed by atoms with E-state index in [0.29, 0.717) is 23.7 Å². The van der Waals surface area contributed by atoms with Crippen LogP contribution in [0.4, 0.5) is 5.69 Å². The first-order chi connectivity index (χ1) is 19.7. The molecular weight excluding hydrogens is 612 g/mol. The molecule has 0 spiro atoms. The van der Waals surface area contributed by atoms with E-state index < -0.39 is 10.0 Å². The van der Waals surface area contributed by atoms with Crippen molar-refractivity contribution in [3.63, 3.8) is 0 Å². The minimum atomic E-state index is -3.82. The summed E-state index contributed by atoms with van der Waals surface area (Å²) in [5.41, 5.74) is 4.54. The molecule has 224 valence electrons. The number of rotatable bonds is 12. The lowest BCUT2D eigenvalue weighted by molar-refractivity contribution is -0.938. The van der Waals surface area contributed by atoms with Crippen molar-refractivity contribution >= 4 is 26.5 Å². The van der Waals surface area contributed by atoms with Crippen molar-refractivity contribution in [2.24, 2.45) is 0 Å². The van der Waals surface area contributed by atoms with Gasteiger partial charge in [-0.2, -0.15) is 0 Å². The highest BCUT2D eigenvalue weighted by atomic mass is 79.9. The number of nitrogens with zero attached hydrogens (tertiary/aromatic N) is 2. The average molecular weight is 654 g/mol. The molecule has 5 rings (SSSR count). The molecule has 0 fully saturated rings. The van der Waals surface area contributed by atoms with Gasteiger partial charge in [0.1, 0.15) is 6.54 Å². The van der Waals surface area contributed by atoms with Gasteiger partial charge >= 0.3 is 0 Å². The van der Waals surface area contributed by atoms with E-state index in [1.807, 2.05) is 36.4 Å². The molecule has 0 bridgehead atoms. The first-order valence-corrected chi connectivity index (χ1v) is 16.0. The van der Waals surface area contributed by atoms with Crippen LogP contribution in [0.1, 0.15) is 43.4 Å². The van der Waals surface area contributed by atoms with Crippen LogP contribution >= 0.6 is 0 Å². The third-order valence-corrected chi connectivity index (χ3v) is 10.2. The number of hydrogen-bond donors (Lipinski definition) is 0. The number of aryl methyl sites for hydroxylation is 2. The van der Waals surface area contributed by atoms with Crippen LogP contribution in [0.25, 0.3) is 10.8 Å². The van der Waals surface area contributed by atoms with E-state index in [4.69, 9.17) is 9.47 Å². The van der Waals surface area contributed by atoms with Crippen molar-refractivity contribution in [1.29, 1.82) is 0 Å². The Morgan fingerprint density at radius 3 is 2.19 bits per heavy atom. The maximum Gasteiger partial charge on any atom is 0.264 e. The average Bonchev–Trinajstić information content (AvgIpc) is 3.43. The summed E-state index contributed by atoms with van der Waals surface area (Å²) in [4.78, 5) is 0.288. The molecule has 0 saturated heterocycles. The van der Waals surface area contributed by atoms with Crippen molar-refractivity contribution in [3.8, 4) is 11.5 Å². The maximum atomic E-state index is 14.1. The molecule has 0 unspecified atom stereocenters. The zero-order chi connectivity index (χ0) is 29.0. The number of hydrogen-bond acceptors (Lipinski definition) is 4. The summed E-state index contributed by atoms with van der Waals surface area (Å²) in [7, 11) is -3.82. The lowest BCUT2D eigenvalue weighted by Gasteiger charge is -2.37. The fourth-order valence-corrected chi connectivity index (χ4v) is 7.51. The van der Waals surface area contributed by atoms with E-state index in [9.17, 15) is 8.42 Å².